The molecule has 0 radical (unpaired) electrons. The first-order chi connectivity index (χ1) is 11.1. The lowest BCUT2D eigenvalue weighted by molar-refractivity contribution is 0.138. The van der Waals surface area contributed by atoms with Gasteiger partial charge >= 0.3 is 0 Å². The van der Waals surface area contributed by atoms with E-state index < -0.39 is 0 Å². The van der Waals surface area contributed by atoms with Gasteiger partial charge in [0.05, 0.1) is 6.20 Å². The molecular weight excluding hydrogens is 293 g/mol. The Kier molecular flexibility index (Phi) is 5.30. The van der Waals surface area contributed by atoms with Crippen LogP contribution >= 0.6 is 0 Å². The minimum Gasteiger partial charge on any atom is -0.360 e. The summed E-state index contributed by atoms with van der Waals surface area (Å²) >= 11 is 0. The second-order valence-electron chi connectivity index (χ2n) is 7.06. The summed E-state index contributed by atoms with van der Waals surface area (Å²) in [6, 6.07) is 0.840. The van der Waals surface area contributed by atoms with Crippen molar-refractivity contribution in [1.82, 2.24) is 14.9 Å². The van der Waals surface area contributed by atoms with Crippen LogP contribution < -0.4 is 10.2 Å². The van der Waals surface area contributed by atoms with Crippen LogP contribution in [0.25, 0.3) is 0 Å². The molecule has 1 aromatic heterocycles. The molecule has 1 saturated heterocycles. The Balaban J connectivity index is 1.47. The van der Waals surface area contributed by atoms with Crippen molar-refractivity contribution in [3.8, 4) is 0 Å². The summed E-state index contributed by atoms with van der Waals surface area (Å²) < 4.78 is 13.6. The number of nitrogens with one attached hydrogen (secondary N) is 1. The SMILES string of the molecule is CN(C)c1nc(NCC2CCN(C3CCCC3)CC2)ncc1F. The van der Waals surface area contributed by atoms with E-state index in [0.717, 1.165) is 12.6 Å². The first kappa shape index (κ1) is 16.4. The third kappa shape index (κ3) is 4.10. The fraction of sp³-hybridized carbons (Fsp3) is 0.765. The summed E-state index contributed by atoms with van der Waals surface area (Å²) in [6.07, 6.45) is 9.29. The number of rotatable bonds is 5. The fourth-order valence-corrected chi connectivity index (χ4v) is 3.78. The van der Waals surface area contributed by atoms with Gasteiger partial charge in [-0.05, 0) is 44.7 Å². The number of nitrogens with zero attached hydrogens (tertiary/aromatic N) is 4. The lowest BCUT2D eigenvalue weighted by Crippen LogP contribution is -2.41. The monoisotopic (exact) mass is 321 g/mol. The molecule has 128 valence electrons. The average Bonchev–Trinajstić information content (AvgIpc) is 3.09. The van der Waals surface area contributed by atoms with Gasteiger partial charge < -0.3 is 15.1 Å². The van der Waals surface area contributed by atoms with Crippen LogP contribution in [0.4, 0.5) is 16.2 Å². The van der Waals surface area contributed by atoms with E-state index >= 15 is 0 Å². The molecule has 2 aliphatic rings. The molecule has 0 aromatic carbocycles. The second kappa shape index (κ2) is 7.43. The third-order valence-corrected chi connectivity index (χ3v) is 5.19. The lowest BCUT2D eigenvalue weighted by atomic mass is 9.95. The lowest BCUT2D eigenvalue weighted by Gasteiger charge is -2.36. The molecule has 1 saturated carbocycles. The highest BCUT2D eigenvalue weighted by Crippen LogP contribution is 2.28. The quantitative estimate of drug-likeness (QED) is 0.903. The maximum absolute atomic E-state index is 13.6. The molecule has 1 aliphatic heterocycles. The minimum atomic E-state index is -0.384. The first-order valence-corrected chi connectivity index (χ1v) is 8.81. The largest absolute Gasteiger partial charge is 0.360 e. The van der Waals surface area contributed by atoms with Gasteiger partial charge in [0.2, 0.25) is 5.95 Å². The van der Waals surface area contributed by atoms with Gasteiger partial charge in [0.25, 0.3) is 0 Å². The highest BCUT2D eigenvalue weighted by molar-refractivity contribution is 5.42. The number of likely N-dealkylation sites (tertiary alicyclic amines) is 1. The van der Waals surface area contributed by atoms with Gasteiger partial charge in [-0.25, -0.2) is 9.37 Å². The van der Waals surface area contributed by atoms with Crippen LogP contribution in [0.5, 0.6) is 0 Å². The van der Waals surface area contributed by atoms with Gasteiger partial charge in [-0.1, -0.05) is 12.8 Å². The molecule has 2 fully saturated rings. The molecular formula is C17H28FN5. The number of anilines is 2. The van der Waals surface area contributed by atoms with E-state index in [-0.39, 0.29) is 5.82 Å². The number of halogens is 1. The van der Waals surface area contributed by atoms with Crippen molar-refractivity contribution in [3.63, 3.8) is 0 Å². The van der Waals surface area contributed by atoms with Gasteiger partial charge in [0.15, 0.2) is 11.6 Å². The van der Waals surface area contributed by atoms with Crippen LogP contribution in [0.15, 0.2) is 6.20 Å². The number of piperidine rings is 1. The molecule has 0 atom stereocenters. The van der Waals surface area contributed by atoms with Crippen LogP contribution in [0.3, 0.4) is 0 Å². The van der Waals surface area contributed by atoms with Gasteiger partial charge in [0.1, 0.15) is 0 Å². The molecule has 1 N–H and O–H groups in total. The van der Waals surface area contributed by atoms with Crippen molar-refractivity contribution in [2.45, 2.75) is 44.6 Å². The van der Waals surface area contributed by atoms with E-state index in [1.165, 1.54) is 57.8 Å². The molecule has 0 amide bonds. The Morgan fingerprint density at radius 2 is 1.91 bits per heavy atom. The highest BCUT2D eigenvalue weighted by Gasteiger charge is 2.27. The molecule has 3 rings (SSSR count). The summed E-state index contributed by atoms with van der Waals surface area (Å²) in [6.45, 7) is 3.30. The van der Waals surface area contributed by atoms with Crippen molar-refractivity contribution in [2.75, 3.05) is 43.9 Å². The van der Waals surface area contributed by atoms with Crippen LogP contribution in [0.1, 0.15) is 38.5 Å². The Morgan fingerprint density at radius 3 is 2.57 bits per heavy atom. The van der Waals surface area contributed by atoms with Gasteiger partial charge in [-0.3, -0.25) is 0 Å². The minimum absolute atomic E-state index is 0.332. The second-order valence-corrected chi connectivity index (χ2v) is 7.06. The van der Waals surface area contributed by atoms with Crippen LogP contribution in [0.2, 0.25) is 0 Å². The molecule has 0 spiro atoms. The van der Waals surface area contributed by atoms with Gasteiger partial charge in [-0.15, -0.1) is 0 Å². The molecule has 5 nitrogen and oxygen atoms in total. The molecule has 0 unspecified atom stereocenters. The Morgan fingerprint density at radius 1 is 1.22 bits per heavy atom. The number of hydrogen-bond acceptors (Lipinski definition) is 5. The molecule has 0 bridgehead atoms. The molecule has 1 aliphatic carbocycles. The summed E-state index contributed by atoms with van der Waals surface area (Å²) in [7, 11) is 3.57. The van der Waals surface area contributed by atoms with E-state index in [1.54, 1.807) is 19.0 Å². The number of aromatic nitrogens is 2. The zero-order chi connectivity index (χ0) is 16.2. The van der Waals surface area contributed by atoms with Crippen molar-refractivity contribution >= 4 is 11.8 Å². The standard InChI is InChI=1S/C17H28FN5/c1-22(2)16-15(18)12-20-17(21-16)19-11-13-7-9-23(10-8-13)14-5-3-4-6-14/h12-14H,3-11H2,1-2H3,(H,19,20,21). The molecule has 23 heavy (non-hydrogen) atoms. The Bertz CT molecular complexity index is 508. The van der Waals surface area contributed by atoms with Crippen molar-refractivity contribution in [1.29, 1.82) is 0 Å². The highest BCUT2D eigenvalue weighted by atomic mass is 19.1. The summed E-state index contributed by atoms with van der Waals surface area (Å²) in [5.74, 6) is 1.13. The van der Waals surface area contributed by atoms with Crippen LogP contribution in [0, 0.1) is 11.7 Å². The van der Waals surface area contributed by atoms with Crippen LogP contribution in [-0.2, 0) is 0 Å². The normalized spacial score (nSPS) is 20.8. The van der Waals surface area contributed by atoms with Crippen molar-refractivity contribution in [3.05, 3.63) is 12.0 Å². The maximum Gasteiger partial charge on any atom is 0.224 e. The van der Waals surface area contributed by atoms with E-state index in [2.05, 4.69) is 20.2 Å². The zero-order valence-corrected chi connectivity index (χ0v) is 14.3. The van der Waals surface area contributed by atoms with Crippen molar-refractivity contribution < 1.29 is 4.39 Å². The summed E-state index contributed by atoms with van der Waals surface area (Å²) in [5, 5.41) is 3.29. The summed E-state index contributed by atoms with van der Waals surface area (Å²) in [5.41, 5.74) is 0. The van der Waals surface area contributed by atoms with E-state index in [1.807, 2.05) is 0 Å². The van der Waals surface area contributed by atoms with E-state index in [0.29, 0.717) is 17.7 Å². The molecule has 6 heteroatoms. The maximum atomic E-state index is 13.6. The average molecular weight is 321 g/mol. The Hall–Kier alpha value is -1.43. The van der Waals surface area contributed by atoms with E-state index in [4.69, 9.17) is 0 Å². The third-order valence-electron chi connectivity index (χ3n) is 5.19. The topological polar surface area (TPSA) is 44.3 Å². The predicted octanol–water partition coefficient (Wildman–Crippen LogP) is 2.75. The van der Waals surface area contributed by atoms with Gasteiger partial charge in [0, 0.05) is 26.7 Å². The predicted molar refractivity (Wildman–Crippen MR) is 91.4 cm³/mol. The first-order valence-electron chi connectivity index (χ1n) is 8.81. The fourth-order valence-electron chi connectivity index (χ4n) is 3.78. The zero-order valence-electron chi connectivity index (χ0n) is 14.3. The Labute approximate surface area is 138 Å². The van der Waals surface area contributed by atoms with Crippen LogP contribution in [-0.4, -0.2) is 54.6 Å². The van der Waals surface area contributed by atoms with Gasteiger partial charge in [-0.2, -0.15) is 4.98 Å². The van der Waals surface area contributed by atoms with E-state index in [9.17, 15) is 4.39 Å². The molecule has 1 aromatic rings. The summed E-state index contributed by atoms with van der Waals surface area (Å²) in [4.78, 5) is 12.7. The smallest absolute Gasteiger partial charge is 0.224 e. The number of hydrogen-bond donors (Lipinski definition) is 1. The molecule has 2 heterocycles. The van der Waals surface area contributed by atoms with Crippen molar-refractivity contribution in [2.24, 2.45) is 5.92 Å².